The van der Waals surface area contributed by atoms with Crippen molar-refractivity contribution in [3.05, 3.63) is 34.4 Å². The molecule has 0 saturated heterocycles. The molecule has 5 atom stereocenters. The van der Waals surface area contributed by atoms with E-state index in [0.717, 1.165) is 75.5 Å². The molecule has 5 unspecified atom stereocenters. The lowest BCUT2D eigenvalue weighted by Crippen LogP contribution is -2.34. The second-order valence-corrected chi connectivity index (χ2v) is 11.0. The quantitative estimate of drug-likeness (QED) is 0.345. The van der Waals surface area contributed by atoms with Gasteiger partial charge in [0.15, 0.2) is 0 Å². The van der Waals surface area contributed by atoms with Gasteiger partial charge in [0.2, 0.25) is 0 Å². The fourth-order valence-corrected chi connectivity index (χ4v) is 7.09. The highest BCUT2D eigenvalue weighted by atomic mass is 19.1. The van der Waals surface area contributed by atoms with Gasteiger partial charge in [-0.05, 0) is 106 Å². The molecular formula is C29H44F2O. The Morgan fingerprint density at radius 2 is 1.69 bits per heavy atom. The average Bonchev–Trinajstić information content (AvgIpc) is 2.79. The third kappa shape index (κ3) is 5.57. The van der Waals surface area contributed by atoms with Gasteiger partial charge in [0.05, 0.1) is 6.10 Å². The summed E-state index contributed by atoms with van der Waals surface area (Å²) in [4.78, 5) is 0. The Morgan fingerprint density at radius 3 is 2.50 bits per heavy atom. The van der Waals surface area contributed by atoms with Crippen LogP contribution in [0.3, 0.4) is 0 Å². The molecule has 0 N–H and O–H groups in total. The number of rotatable bonds is 9. The van der Waals surface area contributed by atoms with E-state index < -0.39 is 0 Å². The van der Waals surface area contributed by atoms with E-state index >= 15 is 8.78 Å². The standard InChI is InChI=1S/C29H44F2O/c1-3-5-6-7-8-9-20-10-15-26-24(16-20)19-27(30)28(29(26)31)23-12-11-22-18-25(32-4-2)14-13-21(22)17-23/h19-23,25H,3-18H2,1-2H3. The van der Waals surface area contributed by atoms with Crippen molar-refractivity contribution in [1.29, 1.82) is 0 Å². The number of ether oxygens (including phenoxy) is 1. The van der Waals surface area contributed by atoms with Crippen LogP contribution in [0.5, 0.6) is 0 Å². The third-order valence-corrected chi connectivity index (χ3v) is 8.85. The van der Waals surface area contributed by atoms with Crippen molar-refractivity contribution in [1.82, 2.24) is 0 Å². The van der Waals surface area contributed by atoms with Crippen LogP contribution in [-0.2, 0) is 17.6 Å². The maximum absolute atomic E-state index is 15.6. The molecule has 0 radical (unpaired) electrons. The highest BCUT2D eigenvalue weighted by Crippen LogP contribution is 2.48. The van der Waals surface area contributed by atoms with Gasteiger partial charge in [-0.3, -0.25) is 0 Å². The van der Waals surface area contributed by atoms with Gasteiger partial charge in [-0.25, -0.2) is 8.78 Å². The monoisotopic (exact) mass is 446 g/mol. The number of hydrogen-bond acceptors (Lipinski definition) is 1. The van der Waals surface area contributed by atoms with Gasteiger partial charge in [0.1, 0.15) is 11.6 Å². The summed E-state index contributed by atoms with van der Waals surface area (Å²) in [7, 11) is 0. The molecule has 3 heteroatoms. The normalized spacial score (nSPS) is 30.1. The number of unbranched alkanes of at least 4 members (excludes halogenated alkanes) is 4. The molecule has 1 aromatic carbocycles. The summed E-state index contributed by atoms with van der Waals surface area (Å²) in [6.07, 6.45) is 17.2. The summed E-state index contributed by atoms with van der Waals surface area (Å²) in [5.74, 6) is 1.49. The first-order valence-corrected chi connectivity index (χ1v) is 13.7. The van der Waals surface area contributed by atoms with Gasteiger partial charge in [-0.2, -0.15) is 0 Å². The Labute approximate surface area is 194 Å². The predicted octanol–water partition coefficient (Wildman–Crippen LogP) is 8.52. The van der Waals surface area contributed by atoms with Crippen molar-refractivity contribution in [2.24, 2.45) is 17.8 Å². The highest BCUT2D eigenvalue weighted by Gasteiger charge is 2.38. The van der Waals surface area contributed by atoms with Crippen molar-refractivity contribution in [2.75, 3.05) is 6.61 Å². The first-order chi connectivity index (χ1) is 15.6. The summed E-state index contributed by atoms with van der Waals surface area (Å²) >= 11 is 0. The number of hydrogen-bond donors (Lipinski definition) is 0. The molecule has 1 nitrogen and oxygen atoms in total. The second kappa shape index (κ2) is 11.4. The molecule has 2 fully saturated rings. The maximum atomic E-state index is 15.6. The van der Waals surface area contributed by atoms with E-state index in [4.69, 9.17) is 4.74 Å². The Hall–Kier alpha value is -0.960. The zero-order valence-corrected chi connectivity index (χ0v) is 20.4. The lowest BCUT2D eigenvalue weighted by Gasteiger charge is -2.42. The fraction of sp³-hybridized carbons (Fsp3) is 0.793. The lowest BCUT2D eigenvalue weighted by molar-refractivity contribution is -0.00984. The molecule has 0 heterocycles. The molecule has 3 aliphatic carbocycles. The van der Waals surface area contributed by atoms with E-state index in [1.54, 1.807) is 6.07 Å². The van der Waals surface area contributed by atoms with Gasteiger partial charge in [-0.1, -0.05) is 45.4 Å². The van der Waals surface area contributed by atoms with Crippen LogP contribution in [0.25, 0.3) is 0 Å². The molecular weight excluding hydrogens is 402 g/mol. The molecule has 0 spiro atoms. The molecule has 0 aliphatic heterocycles. The van der Waals surface area contributed by atoms with E-state index in [2.05, 4.69) is 13.8 Å². The molecule has 3 aliphatic rings. The van der Waals surface area contributed by atoms with Crippen LogP contribution in [0.2, 0.25) is 0 Å². The number of halogens is 2. The number of fused-ring (bicyclic) bond motifs is 2. The van der Waals surface area contributed by atoms with Gasteiger partial charge >= 0.3 is 0 Å². The van der Waals surface area contributed by atoms with E-state index in [0.29, 0.717) is 29.4 Å². The predicted molar refractivity (Wildman–Crippen MR) is 128 cm³/mol. The Morgan fingerprint density at radius 1 is 0.906 bits per heavy atom. The minimum absolute atomic E-state index is 0.0569. The van der Waals surface area contributed by atoms with E-state index in [1.165, 1.54) is 38.5 Å². The van der Waals surface area contributed by atoms with E-state index in [1.807, 2.05) is 0 Å². The van der Waals surface area contributed by atoms with Crippen LogP contribution >= 0.6 is 0 Å². The summed E-state index contributed by atoms with van der Waals surface area (Å²) in [5.41, 5.74) is 2.22. The summed E-state index contributed by atoms with van der Waals surface area (Å²) < 4.78 is 36.8. The first-order valence-electron chi connectivity index (χ1n) is 13.7. The summed E-state index contributed by atoms with van der Waals surface area (Å²) in [6.45, 7) is 5.10. The van der Waals surface area contributed by atoms with Gasteiger partial charge in [0, 0.05) is 12.2 Å². The zero-order valence-electron chi connectivity index (χ0n) is 20.4. The van der Waals surface area contributed by atoms with Crippen LogP contribution in [0.4, 0.5) is 8.78 Å². The summed E-state index contributed by atoms with van der Waals surface area (Å²) in [6, 6.07) is 1.72. The highest BCUT2D eigenvalue weighted by molar-refractivity contribution is 5.39. The lowest BCUT2D eigenvalue weighted by atomic mass is 9.65. The average molecular weight is 447 g/mol. The third-order valence-electron chi connectivity index (χ3n) is 8.85. The molecule has 0 bridgehead atoms. The van der Waals surface area contributed by atoms with Gasteiger partial charge in [0.25, 0.3) is 0 Å². The second-order valence-electron chi connectivity index (χ2n) is 11.0. The minimum Gasteiger partial charge on any atom is -0.378 e. The minimum atomic E-state index is -0.267. The van der Waals surface area contributed by atoms with Crippen LogP contribution < -0.4 is 0 Å². The van der Waals surface area contributed by atoms with Crippen molar-refractivity contribution in [3.8, 4) is 0 Å². The largest absolute Gasteiger partial charge is 0.378 e. The van der Waals surface area contributed by atoms with Crippen molar-refractivity contribution < 1.29 is 13.5 Å². The van der Waals surface area contributed by atoms with Crippen LogP contribution in [0.15, 0.2) is 6.07 Å². The van der Waals surface area contributed by atoms with Gasteiger partial charge < -0.3 is 4.74 Å². The van der Waals surface area contributed by atoms with Gasteiger partial charge in [-0.15, -0.1) is 0 Å². The van der Waals surface area contributed by atoms with Crippen LogP contribution in [-0.4, -0.2) is 12.7 Å². The number of benzene rings is 1. The SMILES string of the molecule is CCCCCCCC1CCc2c(cc(F)c(C3CCC4CC(OCC)CCC4C3)c2F)C1. The fourth-order valence-electron chi connectivity index (χ4n) is 7.09. The zero-order chi connectivity index (χ0) is 22.5. The Kier molecular flexibility index (Phi) is 8.65. The van der Waals surface area contributed by atoms with Crippen LogP contribution in [0, 0.1) is 29.4 Å². The first kappa shape index (κ1) is 24.2. The topological polar surface area (TPSA) is 9.23 Å². The molecule has 1 aromatic rings. The van der Waals surface area contributed by atoms with Crippen molar-refractivity contribution in [2.45, 2.75) is 122 Å². The van der Waals surface area contributed by atoms with Crippen molar-refractivity contribution >= 4 is 0 Å². The van der Waals surface area contributed by atoms with E-state index in [-0.39, 0.29) is 17.6 Å². The maximum Gasteiger partial charge on any atom is 0.133 e. The molecule has 4 rings (SSSR count). The smallest absolute Gasteiger partial charge is 0.133 e. The molecule has 2 saturated carbocycles. The molecule has 180 valence electrons. The summed E-state index contributed by atoms with van der Waals surface area (Å²) in [5, 5.41) is 0. The Balaban J connectivity index is 1.38. The van der Waals surface area contributed by atoms with E-state index in [9.17, 15) is 0 Å². The Bertz CT molecular complexity index is 745. The molecule has 0 amide bonds. The molecule has 32 heavy (non-hydrogen) atoms. The molecule has 0 aromatic heterocycles. The van der Waals surface area contributed by atoms with Crippen molar-refractivity contribution in [3.63, 3.8) is 0 Å². The van der Waals surface area contributed by atoms with Crippen LogP contribution in [0.1, 0.15) is 120 Å².